The molecule has 98 valence electrons. The summed E-state index contributed by atoms with van der Waals surface area (Å²) in [5.74, 6) is 0. The highest BCUT2D eigenvalue weighted by molar-refractivity contribution is 9.10. The minimum Gasteiger partial charge on any atom is -0.317 e. The van der Waals surface area contributed by atoms with Crippen LogP contribution < -0.4 is 5.32 Å². The van der Waals surface area contributed by atoms with E-state index in [1.807, 2.05) is 18.7 Å². The topological polar surface area (TPSA) is 29.9 Å². The molecule has 0 amide bonds. The molecule has 0 aliphatic rings. The highest BCUT2D eigenvalue weighted by Crippen LogP contribution is 2.22. The maximum absolute atomic E-state index is 4.42. The van der Waals surface area contributed by atoms with Gasteiger partial charge in [0.1, 0.15) is 0 Å². The SMILES string of the molecule is CCCC(CCCc1c(Br)c(C)nn1C)NC. The van der Waals surface area contributed by atoms with Gasteiger partial charge in [0.05, 0.1) is 15.9 Å². The van der Waals surface area contributed by atoms with Crippen LogP contribution >= 0.6 is 15.9 Å². The van der Waals surface area contributed by atoms with Gasteiger partial charge in [-0.2, -0.15) is 5.10 Å². The Labute approximate surface area is 113 Å². The van der Waals surface area contributed by atoms with Gasteiger partial charge in [-0.15, -0.1) is 0 Å². The molecular weight excluding hydrogens is 278 g/mol. The van der Waals surface area contributed by atoms with Crippen LogP contribution in [0.2, 0.25) is 0 Å². The predicted molar refractivity (Wildman–Crippen MR) is 76.3 cm³/mol. The van der Waals surface area contributed by atoms with Gasteiger partial charge >= 0.3 is 0 Å². The molecule has 1 atom stereocenters. The number of hydrogen-bond donors (Lipinski definition) is 1. The molecule has 0 aromatic carbocycles. The van der Waals surface area contributed by atoms with E-state index in [0.717, 1.165) is 12.1 Å². The summed E-state index contributed by atoms with van der Waals surface area (Å²) in [4.78, 5) is 0. The molecule has 0 aliphatic carbocycles. The van der Waals surface area contributed by atoms with Gasteiger partial charge in [0.15, 0.2) is 0 Å². The van der Waals surface area contributed by atoms with Crippen molar-refractivity contribution >= 4 is 15.9 Å². The molecule has 4 heteroatoms. The number of rotatable bonds is 7. The minimum atomic E-state index is 0.660. The van der Waals surface area contributed by atoms with Crippen LogP contribution in [0.5, 0.6) is 0 Å². The molecule has 3 nitrogen and oxygen atoms in total. The first-order valence-electron chi connectivity index (χ1n) is 6.45. The molecule has 1 aromatic heterocycles. The second-order valence-electron chi connectivity index (χ2n) is 4.64. The van der Waals surface area contributed by atoms with E-state index in [1.165, 1.54) is 35.8 Å². The van der Waals surface area contributed by atoms with Crippen molar-refractivity contribution in [1.29, 1.82) is 0 Å². The summed E-state index contributed by atoms with van der Waals surface area (Å²) in [5.41, 5.74) is 2.40. The molecular formula is C13H24BrN3. The summed E-state index contributed by atoms with van der Waals surface area (Å²) in [5, 5.41) is 7.81. The zero-order valence-corrected chi connectivity index (χ0v) is 13.0. The van der Waals surface area contributed by atoms with E-state index in [1.54, 1.807) is 0 Å². The average Bonchev–Trinajstić information content (AvgIpc) is 2.54. The third kappa shape index (κ3) is 4.11. The molecule has 1 rings (SSSR count). The van der Waals surface area contributed by atoms with E-state index >= 15 is 0 Å². The molecule has 1 heterocycles. The van der Waals surface area contributed by atoms with Crippen molar-refractivity contribution in [2.24, 2.45) is 7.05 Å². The van der Waals surface area contributed by atoms with E-state index in [4.69, 9.17) is 0 Å². The van der Waals surface area contributed by atoms with Gasteiger partial charge in [0.25, 0.3) is 0 Å². The van der Waals surface area contributed by atoms with E-state index in [-0.39, 0.29) is 0 Å². The van der Waals surface area contributed by atoms with Crippen molar-refractivity contribution in [3.8, 4) is 0 Å². The van der Waals surface area contributed by atoms with Crippen LogP contribution in [0.3, 0.4) is 0 Å². The van der Waals surface area contributed by atoms with Crippen molar-refractivity contribution in [2.45, 2.75) is 52.0 Å². The van der Waals surface area contributed by atoms with Crippen LogP contribution in [-0.2, 0) is 13.5 Å². The molecule has 0 saturated heterocycles. The zero-order valence-electron chi connectivity index (χ0n) is 11.4. The molecule has 1 unspecified atom stereocenters. The Balaban J connectivity index is 2.45. The second kappa shape index (κ2) is 7.17. The Bertz CT molecular complexity index is 347. The number of aromatic nitrogens is 2. The summed E-state index contributed by atoms with van der Waals surface area (Å²) in [7, 11) is 4.08. The fourth-order valence-electron chi connectivity index (χ4n) is 2.25. The maximum Gasteiger partial charge on any atom is 0.0738 e. The van der Waals surface area contributed by atoms with Crippen molar-refractivity contribution in [3.05, 3.63) is 15.9 Å². The van der Waals surface area contributed by atoms with Crippen LogP contribution in [0.4, 0.5) is 0 Å². The van der Waals surface area contributed by atoms with E-state index in [0.29, 0.717) is 6.04 Å². The third-order valence-corrected chi connectivity index (χ3v) is 4.30. The van der Waals surface area contributed by atoms with Crippen molar-refractivity contribution < 1.29 is 0 Å². The fourth-order valence-corrected chi connectivity index (χ4v) is 2.78. The summed E-state index contributed by atoms with van der Waals surface area (Å²) in [6, 6.07) is 0.660. The smallest absolute Gasteiger partial charge is 0.0738 e. The van der Waals surface area contributed by atoms with Crippen LogP contribution in [-0.4, -0.2) is 22.9 Å². The quantitative estimate of drug-likeness (QED) is 0.838. The maximum atomic E-state index is 4.42. The second-order valence-corrected chi connectivity index (χ2v) is 5.43. The monoisotopic (exact) mass is 301 g/mol. The van der Waals surface area contributed by atoms with Crippen LogP contribution in [0.1, 0.15) is 44.0 Å². The van der Waals surface area contributed by atoms with E-state index < -0.39 is 0 Å². The van der Waals surface area contributed by atoms with Gasteiger partial charge in [0, 0.05) is 13.1 Å². The van der Waals surface area contributed by atoms with Crippen LogP contribution in [0.25, 0.3) is 0 Å². The lowest BCUT2D eigenvalue weighted by Gasteiger charge is -2.14. The molecule has 0 spiro atoms. The lowest BCUT2D eigenvalue weighted by atomic mass is 10.0. The van der Waals surface area contributed by atoms with Gasteiger partial charge < -0.3 is 5.32 Å². The molecule has 0 bridgehead atoms. The standard InChI is InChI=1S/C13H24BrN3/c1-5-7-11(15-3)8-6-9-12-13(14)10(2)16-17(12)4/h11,15H,5-9H2,1-4H3. The molecule has 0 fully saturated rings. The number of nitrogens with one attached hydrogen (secondary N) is 1. The van der Waals surface area contributed by atoms with Crippen LogP contribution in [0, 0.1) is 6.92 Å². The molecule has 0 aliphatic heterocycles. The van der Waals surface area contributed by atoms with Crippen molar-refractivity contribution in [3.63, 3.8) is 0 Å². The average molecular weight is 302 g/mol. The highest BCUT2D eigenvalue weighted by atomic mass is 79.9. The van der Waals surface area contributed by atoms with Gasteiger partial charge in [0.2, 0.25) is 0 Å². The number of nitrogens with zero attached hydrogens (tertiary/aromatic N) is 2. The first-order chi connectivity index (χ1) is 8.10. The molecule has 0 saturated carbocycles. The lowest BCUT2D eigenvalue weighted by Crippen LogP contribution is -2.24. The third-order valence-electron chi connectivity index (χ3n) is 3.27. The summed E-state index contributed by atoms with van der Waals surface area (Å²) in [6.45, 7) is 4.28. The van der Waals surface area contributed by atoms with Gasteiger partial charge in [-0.3, -0.25) is 4.68 Å². The fraction of sp³-hybridized carbons (Fsp3) is 0.769. The first-order valence-corrected chi connectivity index (χ1v) is 7.24. The first kappa shape index (κ1) is 14.7. The predicted octanol–water partition coefficient (Wildman–Crippen LogP) is 3.20. The Morgan fingerprint density at radius 3 is 2.59 bits per heavy atom. The molecule has 1 aromatic rings. The molecule has 0 radical (unpaired) electrons. The van der Waals surface area contributed by atoms with Gasteiger partial charge in [-0.1, -0.05) is 13.3 Å². The lowest BCUT2D eigenvalue weighted by molar-refractivity contribution is 0.466. The Morgan fingerprint density at radius 2 is 2.12 bits per heavy atom. The summed E-state index contributed by atoms with van der Waals surface area (Å²) >= 11 is 3.62. The van der Waals surface area contributed by atoms with Gasteiger partial charge in [-0.25, -0.2) is 0 Å². The van der Waals surface area contributed by atoms with Crippen LogP contribution in [0.15, 0.2) is 4.47 Å². The molecule has 1 N–H and O–H groups in total. The Morgan fingerprint density at radius 1 is 1.41 bits per heavy atom. The van der Waals surface area contributed by atoms with Crippen molar-refractivity contribution in [2.75, 3.05) is 7.05 Å². The van der Waals surface area contributed by atoms with E-state index in [9.17, 15) is 0 Å². The van der Waals surface area contributed by atoms with Crippen molar-refractivity contribution in [1.82, 2.24) is 15.1 Å². The summed E-state index contributed by atoms with van der Waals surface area (Å²) < 4.78 is 3.17. The largest absolute Gasteiger partial charge is 0.317 e. The molecule has 17 heavy (non-hydrogen) atoms. The minimum absolute atomic E-state index is 0.660. The number of aryl methyl sites for hydroxylation is 2. The number of halogens is 1. The Kier molecular flexibility index (Phi) is 6.20. The normalized spacial score (nSPS) is 13.0. The number of hydrogen-bond acceptors (Lipinski definition) is 2. The van der Waals surface area contributed by atoms with Gasteiger partial charge in [-0.05, 0) is 55.6 Å². The summed E-state index contributed by atoms with van der Waals surface area (Å²) in [6.07, 6.45) is 6.06. The zero-order chi connectivity index (χ0) is 12.8. The highest BCUT2D eigenvalue weighted by Gasteiger charge is 2.11. The Hall–Kier alpha value is -0.350. The van der Waals surface area contributed by atoms with E-state index in [2.05, 4.69) is 40.3 Å².